The summed E-state index contributed by atoms with van der Waals surface area (Å²) in [7, 11) is 3.28. The van der Waals surface area contributed by atoms with Crippen LogP contribution in [-0.2, 0) is 4.79 Å². The summed E-state index contributed by atoms with van der Waals surface area (Å²) in [6, 6.07) is 5.93. The third kappa shape index (κ3) is 4.70. The van der Waals surface area contributed by atoms with Gasteiger partial charge in [0.15, 0.2) is 5.13 Å². The van der Waals surface area contributed by atoms with Crippen LogP contribution in [0.4, 0.5) is 10.8 Å². The summed E-state index contributed by atoms with van der Waals surface area (Å²) >= 11 is 1.09. The molecule has 9 heteroatoms. The quantitative estimate of drug-likeness (QED) is 0.501. The Morgan fingerprint density at radius 2 is 2.08 bits per heavy atom. The first-order valence-corrected chi connectivity index (χ1v) is 8.02. The number of aromatic nitrogens is 1. The average molecular weight is 360 g/mol. The molecule has 0 fully saturated rings. The van der Waals surface area contributed by atoms with Gasteiger partial charge in [0.05, 0.1) is 10.6 Å². The summed E-state index contributed by atoms with van der Waals surface area (Å²) in [6.45, 7) is 1.70. The lowest BCUT2D eigenvalue weighted by Crippen LogP contribution is -2.21. The Morgan fingerprint density at radius 3 is 2.72 bits per heavy atom. The summed E-state index contributed by atoms with van der Waals surface area (Å²) in [5, 5.41) is 13.6. The van der Waals surface area contributed by atoms with E-state index in [1.807, 2.05) is 0 Å². The Hall–Kier alpha value is -3.07. The molecule has 8 nitrogen and oxygen atoms in total. The summed E-state index contributed by atoms with van der Waals surface area (Å²) in [5.41, 5.74) is 1.02. The number of amides is 2. The van der Waals surface area contributed by atoms with Crippen molar-refractivity contribution in [1.82, 2.24) is 9.88 Å². The number of non-ortho nitro benzene ring substituents is 1. The highest BCUT2D eigenvalue weighted by atomic mass is 32.1. The van der Waals surface area contributed by atoms with E-state index < -0.39 is 10.8 Å². The number of aryl methyl sites for hydroxylation is 1. The third-order valence-electron chi connectivity index (χ3n) is 3.14. The van der Waals surface area contributed by atoms with Crippen LogP contribution in [0.5, 0.6) is 0 Å². The maximum absolute atomic E-state index is 12.0. The van der Waals surface area contributed by atoms with Gasteiger partial charge in [-0.1, -0.05) is 23.5 Å². The molecule has 1 heterocycles. The van der Waals surface area contributed by atoms with Gasteiger partial charge >= 0.3 is 0 Å². The Balaban J connectivity index is 2.08. The van der Waals surface area contributed by atoms with Gasteiger partial charge in [-0.05, 0) is 18.6 Å². The van der Waals surface area contributed by atoms with Crippen LogP contribution >= 0.6 is 11.3 Å². The van der Waals surface area contributed by atoms with E-state index in [1.54, 1.807) is 33.2 Å². The second-order valence-corrected chi connectivity index (χ2v) is 6.31. The zero-order chi connectivity index (χ0) is 18.6. The van der Waals surface area contributed by atoms with Gasteiger partial charge in [0.1, 0.15) is 4.88 Å². The van der Waals surface area contributed by atoms with Gasteiger partial charge in [0, 0.05) is 32.3 Å². The second-order valence-electron chi connectivity index (χ2n) is 5.31. The van der Waals surface area contributed by atoms with E-state index in [4.69, 9.17) is 0 Å². The molecule has 2 aromatic rings. The molecule has 0 aliphatic carbocycles. The monoisotopic (exact) mass is 360 g/mol. The second kappa shape index (κ2) is 7.67. The van der Waals surface area contributed by atoms with Crippen LogP contribution in [0, 0.1) is 17.0 Å². The van der Waals surface area contributed by atoms with Crippen LogP contribution in [0.3, 0.4) is 0 Å². The molecule has 0 aliphatic heterocycles. The lowest BCUT2D eigenvalue weighted by molar-refractivity contribution is -0.384. The van der Waals surface area contributed by atoms with Crippen molar-refractivity contribution >= 4 is 40.0 Å². The number of thiazole rings is 1. The number of nitro groups is 1. The number of carbonyl (C=O) groups excluding carboxylic acids is 2. The number of nitro benzene ring substituents is 1. The van der Waals surface area contributed by atoms with Crippen molar-refractivity contribution in [2.75, 3.05) is 19.4 Å². The number of hydrogen-bond acceptors (Lipinski definition) is 6. The highest BCUT2D eigenvalue weighted by Gasteiger charge is 2.17. The van der Waals surface area contributed by atoms with Crippen molar-refractivity contribution in [1.29, 1.82) is 0 Å². The van der Waals surface area contributed by atoms with Crippen LogP contribution in [0.2, 0.25) is 0 Å². The molecule has 0 spiro atoms. The molecule has 25 heavy (non-hydrogen) atoms. The van der Waals surface area contributed by atoms with Gasteiger partial charge < -0.3 is 4.90 Å². The molecule has 0 saturated carbocycles. The standard InChI is InChI=1S/C16H16N4O4S/c1-10-14(15(22)19(2)3)25-16(17-10)18-13(21)8-7-11-5-4-6-12(9-11)20(23)24/h4-9H,1-3H3,(H,17,18,21). The summed E-state index contributed by atoms with van der Waals surface area (Å²) in [5.74, 6) is -0.619. The first-order chi connectivity index (χ1) is 11.8. The molecule has 1 aromatic carbocycles. The van der Waals surface area contributed by atoms with Gasteiger partial charge in [0.2, 0.25) is 5.91 Å². The smallest absolute Gasteiger partial charge is 0.270 e. The van der Waals surface area contributed by atoms with Crippen molar-refractivity contribution < 1.29 is 14.5 Å². The molecule has 0 bridgehead atoms. The normalized spacial score (nSPS) is 10.7. The Morgan fingerprint density at radius 1 is 1.36 bits per heavy atom. The zero-order valence-electron chi connectivity index (χ0n) is 13.8. The Labute approximate surface area is 147 Å². The average Bonchev–Trinajstić information content (AvgIpc) is 2.92. The molecule has 130 valence electrons. The molecule has 0 atom stereocenters. The summed E-state index contributed by atoms with van der Waals surface area (Å²) in [6.07, 6.45) is 2.72. The number of anilines is 1. The number of benzene rings is 1. The van der Waals surface area contributed by atoms with Crippen LogP contribution in [0.25, 0.3) is 6.08 Å². The minimum Gasteiger partial charge on any atom is -0.344 e. The van der Waals surface area contributed by atoms with Gasteiger partial charge in [-0.15, -0.1) is 0 Å². The fraction of sp³-hybridized carbons (Fsp3) is 0.188. The predicted octanol–water partition coefficient (Wildman–Crippen LogP) is 2.71. The van der Waals surface area contributed by atoms with Crippen LogP contribution in [0.15, 0.2) is 30.3 Å². The molecule has 2 amide bonds. The number of hydrogen-bond donors (Lipinski definition) is 1. The van der Waals surface area contributed by atoms with Gasteiger partial charge in [-0.2, -0.15) is 0 Å². The van der Waals surface area contributed by atoms with Gasteiger partial charge in [-0.3, -0.25) is 25.0 Å². The highest BCUT2D eigenvalue weighted by molar-refractivity contribution is 7.17. The van der Waals surface area contributed by atoms with Crippen molar-refractivity contribution in [2.45, 2.75) is 6.92 Å². The molecule has 1 aromatic heterocycles. The highest BCUT2D eigenvalue weighted by Crippen LogP contribution is 2.23. The fourth-order valence-corrected chi connectivity index (χ4v) is 2.90. The fourth-order valence-electron chi connectivity index (χ4n) is 1.91. The van der Waals surface area contributed by atoms with Crippen LogP contribution in [0.1, 0.15) is 20.9 Å². The SMILES string of the molecule is Cc1nc(NC(=O)C=Cc2cccc([N+](=O)[O-])c2)sc1C(=O)N(C)C. The van der Waals surface area contributed by atoms with Crippen LogP contribution in [-0.4, -0.2) is 40.7 Å². The molecule has 0 aliphatic rings. The van der Waals surface area contributed by atoms with E-state index in [-0.39, 0.29) is 11.6 Å². The van der Waals surface area contributed by atoms with Crippen molar-refractivity contribution in [3.05, 3.63) is 56.6 Å². The summed E-state index contributed by atoms with van der Waals surface area (Å²) < 4.78 is 0. The van der Waals surface area contributed by atoms with E-state index in [0.29, 0.717) is 21.3 Å². The molecule has 0 radical (unpaired) electrons. The van der Waals surface area contributed by atoms with Gasteiger partial charge in [0.25, 0.3) is 11.6 Å². The van der Waals surface area contributed by atoms with Gasteiger partial charge in [-0.25, -0.2) is 4.98 Å². The Kier molecular flexibility index (Phi) is 5.60. The largest absolute Gasteiger partial charge is 0.344 e. The maximum atomic E-state index is 12.0. The first-order valence-electron chi connectivity index (χ1n) is 7.20. The molecule has 0 saturated heterocycles. The number of rotatable bonds is 5. The van der Waals surface area contributed by atoms with Crippen molar-refractivity contribution in [3.63, 3.8) is 0 Å². The number of carbonyl (C=O) groups is 2. The number of nitrogens with zero attached hydrogens (tertiary/aromatic N) is 3. The van der Waals surface area contributed by atoms with E-state index in [2.05, 4.69) is 10.3 Å². The zero-order valence-corrected chi connectivity index (χ0v) is 14.7. The lowest BCUT2D eigenvalue weighted by Gasteiger charge is -2.07. The molecule has 2 rings (SSSR count). The molecule has 0 unspecified atom stereocenters. The topological polar surface area (TPSA) is 105 Å². The van der Waals surface area contributed by atoms with Crippen LogP contribution < -0.4 is 5.32 Å². The molecule has 1 N–H and O–H groups in total. The van der Waals surface area contributed by atoms with Crippen molar-refractivity contribution in [3.8, 4) is 0 Å². The summed E-state index contributed by atoms with van der Waals surface area (Å²) in [4.78, 5) is 40.2. The van der Waals surface area contributed by atoms with E-state index >= 15 is 0 Å². The predicted molar refractivity (Wildman–Crippen MR) is 95.6 cm³/mol. The molecular weight excluding hydrogens is 344 g/mol. The first kappa shape index (κ1) is 18.3. The minimum atomic E-state index is -0.501. The van der Waals surface area contributed by atoms with E-state index in [1.165, 1.54) is 29.2 Å². The van der Waals surface area contributed by atoms with E-state index in [9.17, 15) is 19.7 Å². The lowest BCUT2D eigenvalue weighted by atomic mass is 10.2. The third-order valence-corrected chi connectivity index (χ3v) is 4.20. The minimum absolute atomic E-state index is 0.0510. The maximum Gasteiger partial charge on any atom is 0.270 e. The van der Waals surface area contributed by atoms with E-state index in [0.717, 1.165) is 11.3 Å². The number of nitrogens with one attached hydrogen (secondary N) is 1. The Bertz CT molecular complexity index is 858. The molecular formula is C16H16N4O4S. The van der Waals surface area contributed by atoms with Crippen molar-refractivity contribution in [2.24, 2.45) is 0 Å².